The molecule has 152 valence electrons. The Hall–Kier alpha value is -1.13. The van der Waals surface area contributed by atoms with Gasteiger partial charge in [0.15, 0.2) is 0 Å². The summed E-state index contributed by atoms with van der Waals surface area (Å²) in [6, 6.07) is 17.0. The Balaban J connectivity index is 0.00000280. The molecule has 28 heavy (non-hydrogen) atoms. The number of hydrogen-bond acceptors (Lipinski definition) is 2. The van der Waals surface area contributed by atoms with Crippen LogP contribution in [0.3, 0.4) is 0 Å². The second kappa shape index (κ2) is 11.2. The summed E-state index contributed by atoms with van der Waals surface area (Å²) < 4.78 is 1.07. The number of nitrogens with zero attached hydrogens (tertiary/aromatic N) is 1. The quantitative estimate of drug-likeness (QED) is 0.341. The molecule has 0 saturated heterocycles. The van der Waals surface area contributed by atoms with Crippen molar-refractivity contribution in [3.63, 3.8) is 0 Å². The summed E-state index contributed by atoms with van der Waals surface area (Å²) in [5.74, 6) is 0. The van der Waals surface area contributed by atoms with E-state index in [-0.39, 0.29) is 12.4 Å². The Morgan fingerprint density at radius 3 is 2.25 bits per heavy atom. The molecule has 1 atom stereocenters. The first-order valence-corrected chi connectivity index (χ1v) is 10.9. The number of unbranched alkanes of at least 4 members (excludes halogenated alkanes) is 2. The van der Waals surface area contributed by atoms with E-state index in [9.17, 15) is 5.11 Å². The largest absolute Gasteiger partial charge is 0.387 e. The van der Waals surface area contributed by atoms with Crippen LogP contribution in [-0.2, 0) is 0 Å². The third-order valence-electron chi connectivity index (χ3n) is 5.30. The van der Waals surface area contributed by atoms with E-state index in [0.29, 0.717) is 6.54 Å². The predicted octanol–water partition coefficient (Wildman–Crippen LogP) is 7.11. The van der Waals surface area contributed by atoms with Gasteiger partial charge in [0.25, 0.3) is 0 Å². The Kier molecular flexibility index (Phi) is 9.23. The highest BCUT2D eigenvalue weighted by Crippen LogP contribution is 2.34. The van der Waals surface area contributed by atoms with Crippen molar-refractivity contribution in [2.45, 2.75) is 45.6 Å². The van der Waals surface area contributed by atoms with Crippen molar-refractivity contribution in [2.24, 2.45) is 0 Å². The van der Waals surface area contributed by atoms with Gasteiger partial charge >= 0.3 is 0 Å². The van der Waals surface area contributed by atoms with Crippen molar-refractivity contribution in [1.82, 2.24) is 4.90 Å². The van der Waals surface area contributed by atoms with Gasteiger partial charge < -0.3 is 10.0 Å². The van der Waals surface area contributed by atoms with Gasteiger partial charge in [0.1, 0.15) is 0 Å². The van der Waals surface area contributed by atoms with Gasteiger partial charge in [-0.05, 0) is 71.2 Å². The summed E-state index contributed by atoms with van der Waals surface area (Å²) in [5, 5.41) is 15.9. The molecule has 0 heterocycles. The molecule has 0 radical (unpaired) electrons. The summed E-state index contributed by atoms with van der Waals surface area (Å²) in [7, 11) is 0. The van der Waals surface area contributed by atoms with E-state index in [2.05, 4.69) is 83.2 Å². The van der Waals surface area contributed by atoms with Crippen LogP contribution in [0, 0.1) is 0 Å². The molecular formula is C24H31BrClNO. The Morgan fingerprint density at radius 1 is 0.893 bits per heavy atom. The van der Waals surface area contributed by atoms with E-state index in [1.165, 1.54) is 41.8 Å². The van der Waals surface area contributed by atoms with E-state index in [0.717, 1.165) is 28.5 Å². The molecule has 0 amide bonds. The third kappa shape index (κ3) is 5.48. The Morgan fingerprint density at radius 2 is 1.57 bits per heavy atom. The molecule has 4 heteroatoms. The van der Waals surface area contributed by atoms with Gasteiger partial charge in [0, 0.05) is 11.0 Å². The number of benzene rings is 3. The topological polar surface area (TPSA) is 23.5 Å². The SMILES string of the molecule is CCCCN(CCCC)CC(O)c1cc2ccccc2c2cc(Br)ccc12.Cl. The highest BCUT2D eigenvalue weighted by Gasteiger charge is 2.17. The summed E-state index contributed by atoms with van der Waals surface area (Å²) in [6.07, 6.45) is 4.26. The van der Waals surface area contributed by atoms with Crippen LogP contribution in [0.2, 0.25) is 0 Å². The number of aliphatic hydroxyl groups excluding tert-OH is 1. The van der Waals surface area contributed by atoms with Crippen LogP contribution in [0.1, 0.15) is 51.2 Å². The fourth-order valence-electron chi connectivity index (χ4n) is 3.78. The van der Waals surface area contributed by atoms with Crippen molar-refractivity contribution in [3.05, 3.63) is 58.6 Å². The van der Waals surface area contributed by atoms with Crippen molar-refractivity contribution < 1.29 is 5.11 Å². The molecule has 0 fully saturated rings. The van der Waals surface area contributed by atoms with Gasteiger partial charge in [-0.25, -0.2) is 0 Å². The predicted molar refractivity (Wildman–Crippen MR) is 128 cm³/mol. The van der Waals surface area contributed by atoms with E-state index in [1.54, 1.807) is 0 Å². The van der Waals surface area contributed by atoms with E-state index in [4.69, 9.17) is 0 Å². The zero-order valence-electron chi connectivity index (χ0n) is 16.8. The van der Waals surface area contributed by atoms with Gasteiger partial charge in [0.05, 0.1) is 6.10 Å². The lowest BCUT2D eigenvalue weighted by molar-refractivity contribution is 0.112. The second-order valence-electron chi connectivity index (χ2n) is 7.40. The molecular weight excluding hydrogens is 434 g/mol. The highest BCUT2D eigenvalue weighted by atomic mass is 79.9. The van der Waals surface area contributed by atoms with Crippen molar-refractivity contribution in [3.8, 4) is 0 Å². The minimum absolute atomic E-state index is 0. The molecule has 0 saturated carbocycles. The van der Waals surface area contributed by atoms with Crippen molar-refractivity contribution in [1.29, 1.82) is 0 Å². The molecule has 1 unspecified atom stereocenters. The zero-order valence-corrected chi connectivity index (χ0v) is 19.2. The first-order chi connectivity index (χ1) is 13.1. The lowest BCUT2D eigenvalue weighted by Gasteiger charge is -2.26. The zero-order chi connectivity index (χ0) is 19.2. The molecule has 0 bridgehead atoms. The van der Waals surface area contributed by atoms with Crippen LogP contribution in [0.15, 0.2) is 53.0 Å². The molecule has 3 rings (SSSR count). The highest BCUT2D eigenvalue weighted by molar-refractivity contribution is 9.10. The minimum atomic E-state index is -0.480. The minimum Gasteiger partial charge on any atom is -0.387 e. The van der Waals surface area contributed by atoms with E-state index >= 15 is 0 Å². The summed E-state index contributed by atoms with van der Waals surface area (Å²) in [4.78, 5) is 2.43. The molecule has 1 N–H and O–H groups in total. The summed E-state index contributed by atoms with van der Waals surface area (Å²) in [6.45, 7) is 7.27. The molecule has 0 spiro atoms. The number of aliphatic hydroxyl groups is 1. The Labute approximate surface area is 183 Å². The van der Waals surface area contributed by atoms with Crippen LogP contribution >= 0.6 is 28.3 Å². The second-order valence-corrected chi connectivity index (χ2v) is 8.32. The van der Waals surface area contributed by atoms with E-state index in [1.807, 2.05) is 0 Å². The van der Waals surface area contributed by atoms with Crippen molar-refractivity contribution in [2.75, 3.05) is 19.6 Å². The van der Waals surface area contributed by atoms with Crippen LogP contribution < -0.4 is 0 Å². The lowest BCUT2D eigenvalue weighted by atomic mass is 9.94. The van der Waals surface area contributed by atoms with Crippen LogP contribution in [-0.4, -0.2) is 29.6 Å². The van der Waals surface area contributed by atoms with Crippen molar-refractivity contribution >= 4 is 49.9 Å². The number of rotatable bonds is 9. The molecule has 0 aliphatic heterocycles. The monoisotopic (exact) mass is 463 g/mol. The average Bonchev–Trinajstić information content (AvgIpc) is 2.69. The Bertz CT molecular complexity index is 890. The van der Waals surface area contributed by atoms with Gasteiger partial charge in [-0.2, -0.15) is 0 Å². The number of hydrogen-bond donors (Lipinski definition) is 1. The fourth-order valence-corrected chi connectivity index (χ4v) is 4.14. The molecule has 0 aliphatic rings. The molecule has 3 aromatic rings. The first kappa shape index (κ1) is 23.2. The van der Waals surface area contributed by atoms with E-state index < -0.39 is 6.10 Å². The summed E-state index contributed by atoms with van der Waals surface area (Å²) >= 11 is 3.61. The van der Waals surface area contributed by atoms with Crippen LogP contribution in [0.4, 0.5) is 0 Å². The van der Waals surface area contributed by atoms with Gasteiger partial charge in [-0.3, -0.25) is 0 Å². The maximum Gasteiger partial charge on any atom is 0.0923 e. The molecule has 3 aromatic carbocycles. The van der Waals surface area contributed by atoms with Gasteiger partial charge in [-0.15, -0.1) is 12.4 Å². The maximum absolute atomic E-state index is 11.2. The number of fused-ring (bicyclic) bond motifs is 3. The van der Waals surface area contributed by atoms with Gasteiger partial charge in [0.2, 0.25) is 0 Å². The normalized spacial score (nSPS) is 12.5. The smallest absolute Gasteiger partial charge is 0.0923 e. The fraction of sp³-hybridized carbons (Fsp3) is 0.417. The molecule has 0 aromatic heterocycles. The summed E-state index contributed by atoms with van der Waals surface area (Å²) in [5.41, 5.74) is 1.04. The lowest BCUT2D eigenvalue weighted by Crippen LogP contribution is -2.30. The maximum atomic E-state index is 11.2. The van der Waals surface area contributed by atoms with Crippen LogP contribution in [0.5, 0.6) is 0 Å². The molecule has 0 aliphatic carbocycles. The molecule has 2 nitrogen and oxygen atoms in total. The first-order valence-electron chi connectivity index (χ1n) is 10.1. The van der Waals surface area contributed by atoms with Crippen LogP contribution in [0.25, 0.3) is 21.5 Å². The standard InChI is InChI=1S/C24H30BrNO.ClH/c1-3-5-13-26(14-6-4-2)17-24(27)23-15-18-9-7-8-10-20(18)22-16-19(25)11-12-21(22)23;/h7-12,15-16,24,27H,3-6,13-14,17H2,1-2H3;1H. The number of halogens is 2. The average molecular weight is 465 g/mol. The van der Waals surface area contributed by atoms with Gasteiger partial charge in [-0.1, -0.05) is 73.0 Å². The third-order valence-corrected chi connectivity index (χ3v) is 5.79.